The molecule has 0 N–H and O–H groups in total. The Morgan fingerprint density at radius 1 is 1.71 bits per heavy atom. The van der Waals surface area contributed by atoms with Crippen molar-refractivity contribution in [1.82, 2.24) is 0 Å². The third kappa shape index (κ3) is 1.81. The lowest BCUT2D eigenvalue weighted by molar-refractivity contribution is -0.385. The molecule has 0 saturated carbocycles. The van der Waals surface area contributed by atoms with E-state index in [1.165, 1.54) is 0 Å². The van der Waals surface area contributed by atoms with Crippen molar-refractivity contribution in [3.8, 4) is 5.75 Å². The molecule has 0 atom stereocenters. The molecule has 1 rings (SSSR count). The summed E-state index contributed by atoms with van der Waals surface area (Å²) in [4.78, 5) is 9.90. The number of nitro benzene ring substituents is 1. The summed E-state index contributed by atoms with van der Waals surface area (Å²) < 4.78 is 38.3. The molecule has 0 heterocycles. The van der Waals surface area contributed by atoms with E-state index in [1.807, 2.05) is 0 Å². The van der Waals surface area contributed by atoms with Gasteiger partial charge >= 0.3 is 5.69 Å². The number of nitrogens with zero attached hydrogens (tertiary/aromatic N) is 1. The maximum atomic E-state index is 13.4. The molecule has 1 aromatic carbocycles. The quantitative estimate of drug-likeness (QED) is 0.558. The molecule has 0 aliphatic heterocycles. The Labute approximate surface area is 84.7 Å². The van der Waals surface area contributed by atoms with E-state index in [1.54, 1.807) is 6.92 Å². The lowest BCUT2D eigenvalue weighted by Crippen LogP contribution is -1.97. The minimum Gasteiger partial charge on any atom is -0.490 e. The van der Waals surface area contributed by atoms with Crippen molar-refractivity contribution in [2.75, 3.05) is 7.04 Å². The van der Waals surface area contributed by atoms with Crippen LogP contribution in [0.5, 0.6) is 5.75 Å². The highest BCUT2D eigenvalue weighted by molar-refractivity contribution is 5.49. The number of ether oxygens (including phenoxy) is 1. The van der Waals surface area contributed by atoms with Crippen LogP contribution in [0.15, 0.2) is 12.1 Å². The maximum absolute atomic E-state index is 13.4. The van der Waals surface area contributed by atoms with E-state index in [2.05, 4.69) is 4.74 Å². The molecule has 0 radical (unpaired) electrons. The largest absolute Gasteiger partial charge is 0.490 e. The highest BCUT2D eigenvalue weighted by Crippen LogP contribution is 2.29. The van der Waals surface area contributed by atoms with Crippen LogP contribution in [-0.2, 0) is 6.42 Å². The normalized spacial score (nSPS) is 14.0. The van der Waals surface area contributed by atoms with E-state index in [0.717, 1.165) is 12.1 Å². The zero-order chi connectivity index (χ0) is 13.2. The topological polar surface area (TPSA) is 52.4 Å². The second kappa shape index (κ2) is 4.04. The monoisotopic (exact) mass is 202 g/mol. The van der Waals surface area contributed by atoms with Crippen LogP contribution in [0.1, 0.15) is 16.6 Å². The molecule has 0 aromatic heterocycles. The number of nitro groups is 1. The van der Waals surface area contributed by atoms with Crippen molar-refractivity contribution in [2.45, 2.75) is 13.3 Å². The van der Waals surface area contributed by atoms with Gasteiger partial charge in [-0.2, -0.15) is 0 Å². The van der Waals surface area contributed by atoms with Crippen molar-refractivity contribution >= 4 is 5.69 Å². The van der Waals surface area contributed by atoms with Crippen LogP contribution in [0.4, 0.5) is 10.1 Å². The first-order valence-electron chi connectivity index (χ1n) is 5.40. The number of aryl methyl sites for hydroxylation is 1. The summed E-state index contributed by atoms with van der Waals surface area (Å²) in [6.45, 7) is 1.63. The van der Waals surface area contributed by atoms with E-state index in [4.69, 9.17) is 4.11 Å². The molecule has 5 heteroatoms. The Balaban J connectivity index is 3.28. The fraction of sp³-hybridized carbons (Fsp3) is 0.333. The highest BCUT2D eigenvalue weighted by Gasteiger charge is 2.17. The third-order valence-electron chi connectivity index (χ3n) is 1.82. The number of rotatable bonds is 3. The molecular formula is C9H10FNO3. The fourth-order valence-corrected chi connectivity index (χ4v) is 1.08. The number of hydrogen-bond donors (Lipinski definition) is 0. The van der Waals surface area contributed by atoms with Crippen molar-refractivity contribution in [3.63, 3.8) is 0 Å². The van der Waals surface area contributed by atoms with Gasteiger partial charge in [-0.05, 0) is 12.0 Å². The molecule has 0 spiro atoms. The standard InChI is InChI=1S/C9H10FNO3/c1-3-6-4-8(11(12)13)9(14-2)5-7(6)10/h4-5H,3H2,1-2H3/i2D3. The molecule has 76 valence electrons. The zero-order valence-electron chi connectivity index (χ0n) is 10.4. The van der Waals surface area contributed by atoms with Crippen LogP contribution in [0.25, 0.3) is 0 Å². The first-order valence-corrected chi connectivity index (χ1v) is 3.90. The zero-order valence-corrected chi connectivity index (χ0v) is 7.41. The van der Waals surface area contributed by atoms with Gasteiger partial charge in [0.1, 0.15) is 5.82 Å². The molecule has 0 unspecified atom stereocenters. The van der Waals surface area contributed by atoms with Gasteiger partial charge in [0.15, 0.2) is 5.75 Å². The molecule has 0 saturated heterocycles. The van der Waals surface area contributed by atoms with Crippen LogP contribution < -0.4 is 4.74 Å². The van der Waals surface area contributed by atoms with Crippen LogP contribution in [-0.4, -0.2) is 12.0 Å². The minimum atomic E-state index is -2.86. The summed E-state index contributed by atoms with van der Waals surface area (Å²) in [6.07, 6.45) is 0.265. The SMILES string of the molecule is [2H]C([2H])([2H])Oc1cc(F)c(CC)cc1[N+](=O)[O-]. The summed E-state index contributed by atoms with van der Waals surface area (Å²) in [5.41, 5.74) is -0.422. The second-order valence-electron chi connectivity index (χ2n) is 2.62. The van der Waals surface area contributed by atoms with Crippen LogP contribution >= 0.6 is 0 Å². The second-order valence-corrected chi connectivity index (χ2v) is 2.62. The Bertz CT molecular complexity index is 448. The van der Waals surface area contributed by atoms with Crippen LogP contribution in [0, 0.1) is 15.9 Å². The summed E-state index contributed by atoms with van der Waals surface area (Å²) in [5.74, 6) is -1.32. The fourth-order valence-electron chi connectivity index (χ4n) is 1.08. The van der Waals surface area contributed by atoms with Crippen molar-refractivity contribution in [3.05, 3.63) is 33.6 Å². The van der Waals surface area contributed by atoms with E-state index < -0.39 is 29.2 Å². The number of halogens is 1. The van der Waals surface area contributed by atoms with Gasteiger partial charge < -0.3 is 4.74 Å². The first kappa shape index (κ1) is 6.75. The predicted octanol–water partition coefficient (Wildman–Crippen LogP) is 2.30. The molecule has 0 amide bonds. The average Bonchev–Trinajstić information content (AvgIpc) is 2.14. The third-order valence-corrected chi connectivity index (χ3v) is 1.82. The van der Waals surface area contributed by atoms with Crippen LogP contribution in [0.2, 0.25) is 0 Å². The maximum Gasteiger partial charge on any atom is 0.311 e. The number of benzene rings is 1. The molecular weight excluding hydrogens is 189 g/mol. The Morgan fingerprint density at radius 3 is 2.93 bits per heavy atom. The molecule has 0 aliphatic rings. The first-order chi connectivity index (χ1) is 7.74. The average molecular weight is 202 g/mol. The summed E-state index contributed by atoms with van der Waals surface area (Å²) in [7, 11) is -2.86. The lowest BCUT2D eigenvalue weighted by atomic mass is 10.1. The highest BCUT2D eigenvalue weighted by atomic mass is 19.1. The molecule has 14 heavy (non-hydrogen) atoms. The number of hydrogen-bond acceptors (Lipinski definition) is 3. The molecule has 0 fully saturated rings. The Morgan fingerprint density at radius 2 is 2.43 bits per heavy atom. The lowest BCUT2D eigenvalue weighted by Gasteiger charge is -2.04. The predicted molar refractivity (Wildman–Crippen MR) is 49.0 cm³/mol. The van der Waals surface area contributed by atoms with E-state index in [9.17, 15) is 14.5 Å². The van der Waals surface area contributed by atoms with Gasteiger partial charge in [0.2, 0.25) is 0 Å². The van der Waals surface area contributed by atoms with Gasteiger partial charge in [-0.15, -0.1) is 0 Å². The van der Waals surface area contributed by atoms with Gasteiger partial charge in [-0.3, -0.25) is 10.1 Å². The van der Waals surface area contributed by atoms with Gasteiger partial charge in [-0.25, -0.2) is 4.39 Å². The molecule has 1 aromatic rings. The van der Waals surface area contributed by atoms with Gasteiger partial charge in [0.25, 0.3) is 0 Å². The van der Waals surface area contributed by atoms with E-state index >= 15 is 0 Å². The summed E-state index contributed by atoms with van der Waals surface area (Å²) in [6, 6.07) is 1.71. The summed E-state index contributed by atoms with van der Waals surface area (Å²) in [5, 5.41) is 10.7. The van der Waals surface area contributed by atoms with E-state index in [0.29, 0.717) is 0 Å². The van der Waals surface area contributed by atoms with Crippen LogP contribution in [0.3, 0.4) is 0 Å². The van der Waals surface area contributed by atoms with Crippen molar-refractivity contribution in [2.24, 2.45) is 0 Å². The van der Waals surface area contributed by atoms with Crippen molar-refractivity contribution in [1.29, 1.82) is 0 Å². The van der Waals surface area contributed by atoms with Crippen molar-refractivity contribution < 1.29 is 18.2 Å². The Hall–Kier alpha value is -1.65. The minimum absolute atomic E-state index is 0.134. The Kier molecular flexibility index (Phi) is 1.95. The smallest absolute Gasteiger partial charge is 0.311 e. The van der Waals surface area contributed by atoms with E-state index in [-0.39, 0.29) is 12.0 Å². The van der Waals surface area contributed by atoms with Gasteiger partial charge in [0, 0.05) is 12.1 Å². The van der Waals surface area contributed by atoms with Gasteiger partial charge in [0.05, 0.1) is 16.1 Å². The number of methoxy groups -OCH3 is 1. The van der Waals surface area contributed by atoms with Gasteiger partial charge in [-0.1, -0.05) is 6.92 Å². The molecule has 0 bridgehead atoms. The summed E-state index contributed by atoms with van der Waals surface area (Å²) >= 11 is 0. The molecule has 0 aliphatic carbocycles. The molecule has 4 nitrogen and oxygen atoms in total.